The van der Waals surface area contributed by atoms with Crippen LogP contribution in [-0.4, -0.2) is 24.2 Å². The van der Waals surface area contributed by atoms with Crippen molar-refractivity contribution in [3.8, 4) is 5.75 Å². The van der Waals surface area contributed by atoms with E-state index in [9.17, 15) is 9.90 Å². The molecule has 0 fully saturated rings. The van der Waals surface area contributed by atoms with Crippen LogP contribution in [0.2, 0.25) is 0 Å². The van der Waals surface area contributed by atoms with Gasteiger partial charge in [0, 0.05) is 12.5 Å². The summed E-state index contributed by atoms with van der Waals surface area (Å²) in [6.45, 7) is 1.46. The summed E-state index contributed by atoms with van der Waals surface area (Å²) < 4.78 is 5.81. The number of H-pyrrole nitrogens is 1. The molecule has 1 unspecified atom stereocenters. The molecule has 1 aromatic heterocycles. The summed E-state index contributed by atoms with van der Waals surface area (Å²) in [5.41, 5.74) is 2.16. The number of pyridine rings is 1. The molecule has 3 aromatic rings. The van der Waals surface area contributed by atoms with Gasteiger partial charge < -0.3 is 9.84 Å². The fourth-order valence-corrected chi connectivity index (χ4v) is 3.24. The first-order valence-electron chi connectivity index (χ1n) is 9.90. The van der Waals surface area contributed by atoms with E-state index in [-0.39, 0.29) is 12.3 Å². The highest BCUT2D eigenvalue weighted by atomic mass is 16.5. The standard InChI is InChI=1S/C24H26N2O3/c27-24(28)18-21(20-7-2-1-3-8-20)17-19-10-12-22(13-11-19)29-16-6-15-26-23-9-4-5-14-25-23/h1-5,7-14,21H,6,15-18H2,(H,25,26)(H,27,28)/p+1. The van der Waals surface area contributed by atoms with E-state index in [1.165, 1.54) is 0 Å². The predicted molar refractivity (Wildman–Crippen MR) is 113 cm³/mol. The highest BCUT2D eigenvalue weighted by molar-refractivity contribution is 5.68. The second-order valence-corrected chi connectivity index (χ2v) is 6.96. The molecule has 5 nitrogen and oxygen atoms in total. The van der Waals surface area contributed by atoms with Crippen LogP contribution in [0.5, 0.6) is 5.75 Å². The van der Waals surface area contributed by atoms with Gasteiger partial charge in [-0.2, -0.15) is 0 Å². The van der Waals surface area contributed by atoms with Gasteiger partial charge >= 0.3 is 5.97 Å². The van der Waals surface area contributed by atoms with Crippen molar-refractivity contribution in [2.75, 3.05) is 18.5 Å². The van der Waals surface area contributed by atoms with Crippen molar-refractivity contribution >= 4 is 11.8 Å². The molecule has 3 N–H and O–H groups in total. The van der Waals surface area contributed by atoms with E-state index in [1.807, 2.05) is 79.0 Å². The third kappa shape index (κ3) is 6.96. The topological polar surface area (TPSA) is 72.7 Å². The second kappa shape index (κ2) is 10.9. The molecule has 0 bridgehead atoms. The number of carbonyl (C=O) groups is 1. The van der Waals surface area contributed by atoms with E-state index in [2.05, 4.69) is 10.3 Å². The lowest BCUT2D eigenvalue weighted by molar-refractivity contribution is -0.361. The van der Waals surface area contributed by atoms with Crippen LogP contribution < -0.4 is 15.0 Å². The van der Waals surface area contributed by atoms with Crippen molar-refractivity contribution in [3.05, 3.63) is 90.1 Å². The molecule has 29 heavy (non-hydrogen) atoms. The molecule has 0 saturated heterocycles. The van der Waals surface area contributed by atoms with Crippen LogP contribution in [0.1, 0.15) is 29.9 Å². The Morgan fingerprint density at radius 3 is 2.45 bits per heavy atom. The Balaban J connectivity index is 1.46. The zero-order valence-electron chi connectivity index (χ0n) is 16.4. The van der Waals surface area contributed by atoms with E-state index >= 15 is 0 Å². The number of aromatic amines is 1. The lowest BCUT2D eigenvalue weighted by Gasteiger charge is -2.16. The Morgan fingerprint density at radius 2 is 1.76 bits per heavy atom. The average Bonchev–Trinajstić information content (AvgIpc) is 2.75. The zero-order chi connectivity index (χ0) is 20.3. The molecule has 3 rings (SSSR count). The minimum Gasteiger partial charge on any atom is -0.493 e. The van der Waals surface area contributed by atoms with Gasteiger partial charge in [0.25, 0.3) is 5.82 Å². The number of rotatable bonds is 11. The van der Waals surface area contributed by atoms with Gasteiger partial charge in [0.2, 0.25) is 0 Å². The van der Waals surface area contributed by atoms with Gasteiger partial charge in [-0.25, -0.2) is 4.98 Å². The molecule has 2 aromatic carbocycles. The number of ether oxygens (including phenoxy) is 1. The molecule has 5 heteroatoms. The maximum Gasteiger partial charge on any atom is 0.303 e. The van der Waals surface area contributed by atoms with E-state index in [1.54, 1.807) is 0 Å². The van der Waals surface area contributed by atoms with Crippen molar-refractivity contribution in [1.82, 2.24) is 0 Å². The predicted octanol–water partition coefficient (Wildman–Crippen LogP) is 4.18. The molecule has 1 heterocycles. The lowest BCUT2D eigenvalue weighted by Crippen LogP contribution is -2.14. The number of aliphatic carboxylic acids is 1. The molecule has 0 amide bonds. The van der Waals surface area contributed by atoms with Crippen LogP contribution in [-0.2, 0) is 11.2 Å². The monoisotopic (exact) mass is 391 g/mol. The van der Waals surface area contributed by atoms with Crippen molar-refractivity contribution in [1.29, 1.82) is 0 Å². The van der Waals surface area contributed by atoms with Gasteiger partial charge in [0.05, 0.1) is 25.8 Å². The minimum absolute atomic E-state index is 0.0404. The molecular formula is C24H27N2O3+. The number of carboxylic acids is 1. The van der Waals surface area contributed by atoms with Crippen LogP contribution in [0, 0.1) is 0 Å². The zero-order valence-corrected chi connectivity index (χ0v) is 16.4. The third-order valence-corrected chi connectivity index (χ3v) is 4.71. The number of aromatic nitrogens is 1. The fraction of sp³-hybridized carbons (Fsp3) is 0.250. The van der Waals surface area contributed by atoms with E-state index in [0.29, 0.717) is 13.0 Å². The Kier molecular flexibility index (Phi) is 7.63. The smallest absolute Gasteiger partial charge is 0.303 e. The number of nitrogens with one attached hydrogen (secondary N) is 2. The van der Waals surface area contributed by atoms with Gasteiger partial charge in [-0.15, -0.1) is 0 Å². The van der Waals surface area contributed by atoms with Gasteiger partial charge in [-0.1, -0.05) is 48.5 Å². The van der Waals surface area contributed by atoms with Gasteiger partial charge in [0.15, 0.2) is 0 Å². The first-order valence-corrected chi connectivity index (χ1v) is 9.90. The number of hydrogen-bond acceptors (Lipinski definition) is 3. The van der Waals surface area contributed by atoms with E-state index in [4.69, 9.17) is 4.74 Å². The molecule has 0 aliphatic heterocycles. The molecule has 0 saturated carbocycles. The van der Waals surface area contributed by atoms with Crippen molar-refractivity contribution < 1.29 is 19.6 Å². The van der Waals surface area contributed by atoms with Crippen LogP contribution >= 0.6 is 0 Å². The summed E-state index contributed by atoms with van der Waals surface area (Å²) >= 11 is 0. The van der Waals surface area contributed by atoms with Crippen LogP contribution in [0.15, 0.2) is 79.0 Å². The SMILES string of the molecule is O=C(O)CC(Cc1ccc(OCCCNc2cccc[nH+]2)cc1)c1ccccc1. The minimum atomic E-state index is -0.777. The molecule has 0 spiro atoms. The maximum absolute atomic E-state index is 11.3. The molecular weight excluding hydrogens is 364 g/mol. The largest absolute Gasteiger partial charge is 0.493 e. The number of anilines is 1. The number of benzene rings is 2. The maximum atomic E-state index is 11.3. The highest BCUT2D eigenvalue weighted by Gasteiger charge is 2.16. The fourth-order valence-electron chi connectivity index (χ4n) is 3.24. The summed E-state index contributed by atoms with van der Waals surface area (Å²) in [7, 11) is 0. The third-order valence-electron chi connectivity index (χ3n) is 4.71. The quantitative estimate of drug-likeness (QED) is 0.481. The van der Waals surface area contributed by atoms with Crippen molar-refractivity contribution in [2.45, 2.75) is 25.2 Å². The van der Waals surface area contributed by atoms with Gasteiger partial charge in [-0.3, -0.25) is 10.1 Å². The van der Waals surface area contributed by atoms with Gasteiger partial charge in [0.1, 0.15) is 5.75 Å². The summed E-state index contributed by atoms with van der Waals surface area (Å²) in [6.07, 6.45) is 3.58. The highest BCUT2D eigenvalue weighted by Crippen LogP contribution is 2.25. The van der Waals surface area contributed by atoms with E-state index in [0.717, 1.165) is 35.7 Å². The summed E-state index contributed by atoms with van der Waals surface area (Å²) in [5, 5.41) is 12.6. The number of carboxylic acid groups (broad SMARTS) is 1. The first-order chi connectivity index (χ1) is 14.2. The molecule has 150 valence electrons. The average molecular weight is 391 g/mol. The lowest BCUT2D eigenvalue weighted by atomic mass is 9.89. The molecule has 0 aliphatic carbocycles. The summed E-state index contributed by atoms with van der Waals surface area (Å²) in [6, 6.07) is 23.7. The first kappa shape index (κ1) is 20.4. The van der Waals surface area contributed by atoms with Crippen molar-refractivity contribution in [2.24, 2.45) is 0 Å². The molecule has 1 atom stereocenters. The Morgan fingerprint density at radius 1 is 1.00 bits per heavy atom. The summed E-state index contributed by atoms with van der Waals surface area (Å²) in [4.78, 5) is 14.4. The van der Waals surface area contributed by atoms with Crippen LogP contribution in [0.3, 0.4) is 0 Å². The Bertz CT molecular complexity index is 868. The molecule has 0 aliphatic rings. The van der Waals surface area contributed by atoms with Crippen LogP contribution in [0.25, 0.3) is 0 Å². The van der Waals surface area contributed by atoms with Gasteiger partial charge in [-0.05, 0) is 41.7 Å². The molecule has 0 radical (unpaired) electrons. The Labute approximate surface area is 171 Å². The normalized spacial score (nSPS) is 11.6. The summed E-state index contributed by atoms with van der Waals surface area (Å²) in [5.74, 6) is 1.00. The Hall–Kier alpha value is -3.34. The van der Waals surface area contributed by atoms with E-state index < -0.39 is 5.97 Å². The second-order valence-electron chi connectivity index (χ2n) is 6.96. The van der Waals surface area contributed by atoms with Crippen molar-refractivity contribution in [3.63, 3.8) is 0 Å². The van der Waals surface area contributed by atoms with Crippen LogP contribution in [0.4, 0.5) is 5.82 Å². The number of hydrogen-bond donors (Lipinski definition) is 2.